The zero-order valence-electron chi connectivity index (χ0n) is 10.2. The third kappa shape index (κ3) is 4.06. The summed E-state index contributed by atoms with van der Waals surface area (Å²) in [5, 5.41) is 10.6. The molecule has 0 aliphatic carbocycles. The standard InChI is InChI=1S/C10H14N2O5S/c1-10(2,3)17-11-18(15,16)9-6-4-5-8(7-9)12(13)14/h4-7,11H,1-3H3. The molecule has 0 atom stereocenters. The number of hydrogen-bond acceptors (Lipinski definition) is 5. The molecule has 0 spiro atoms. The first-order chi connectivity index (χ1) is 8.12. The van der Waals surface area contributed by atoms with Gasteiger partial charge in [0.1, 0.15) is 0 Å². The van der Waals surface area contributed by atoms with Crippen LogP contribution in [0.5, 0.6) is 0 Å². The van der Waals surface area contributed by atoms with Crippen molar-refractivity contribution in [2.45, 2.75) is 31.3 Å². The van der Waals surface area contributed by atoms with Gasteiger partial charge >= 0.3 is 0 Å². The summed E-state index contributed by atoms with van der Waals surface area (Å²) in [7, 11) is -3.93. The van der Waals surface area contributed by atoms with E-state index < -0.39 is 20.5 Å². The Morgan fingerprint density at radius 1 is 1.33 bits per heavy atom. The van der Waals surface area contributed by atoms with Crippen molar-refractivity contribution in [3.63, 3.8) is 0 Å². The fraction of sp³-hybridized carbons (Fsp3) is 0.400. The highest BCUT2D eigenvalue weighted by atomic mass is 32.2. The van der Waals surface area contributed by atoms with Crippen LogP contribution in [0.1, 0.15) is 20.8 Å². The summed E-state index contributed by atoms with van der Waals surface area (Å²) in [6.45, 7) is 5.01. The Kier molecular flexibility index (Phi) is 4.05. The van der Waals surface area contributed by atoms with Gasteiger partial charge in [-0.3, -0.25) is 15.0 Å². The summed E-state index contributed by atoms with van der Waals surface area (Å²) in [5.41, 5.74) is -0.998. The number of nitro benzene ring substituents is 1. The zero-order valence-corrected chi connectivity index (χ0v) is 11.0. The lowest BCUT2D eigenvalue weighted by molar-refractivity contribution is -0.385. The van der Waals surface area contributed by atoms with Gasteiger partial charge in [-0.05, 0) is 26.8 Å². The largest absolute Gasteiger partial charge is 0.281 e. The molecule has 1 N–H and O–H groups in total. The average molecular weight is 274 g/mol. The normalized spacial score (nSPS) is 12.4. The van der Waals surface area contributed by atoms with Gasteiger partial charge < -0.3 is 0 Å². The molecule has 0 aromatic heterocycles. The van der Waals surface area contributed by atoms with E-state index in [1.165, 1.54) is 18.2 Å². The molecule has 1 aromatic carbocycles. The average Bonchev–Trinajstić information content (AvgIpc) is 2.26. The first-order valence-corrected chi connectivity index (χ1v) is 6.54. The molecule has 0 aliphatic rings. The molecular weight excluding hydrogens is 260 g/mol. The van der Waals surface area contributed by atoms with Gasteiger partial charge in [0.25, 0.3) is 15.7 Å². The molecule has 0 radical (unpaired) electrons. The monoisotopic (exact) mass is 274 g/mol. The predicted octanol–water partition coefficient (Wildman–Crippen LogP) is 1.60. The number of nitrogens with one attached hydrogen (secondary N) is 1. The van der Waals surface area contributed by atoms with E-state index in [9.17, 15) is 18.5 Å². The highest BCUT2D eigenvalue weighted by molar-refractivity contribution is 7.89. The Bertz CT molecular complexity index is 548. The molecule has 100 valence electrons. The number of hydrogen-bond donors (Lipinski definition) is 1. The topological polar surface area (TPSA) is 98.5 Å². The Hall–Kier alpha value is -1.51. The van der Waals surface area contributed by atoms with Gasteiger partial charge in [0.2, 0.25) is 0 Å². The summed E-state index contributed by atoms with van der Waals surface area (Å²) in [5.74, 6) is 0. The molecule has 0 amide bonds. The number of nitrogens with zero attached hydrogens (tertiary/aromatic N) is 1. The van der Waals surface area contributed by atoms with Gasteiger partial charge in [0, 0.05) is 12.1 Å². The van der Waals surface area contributed by atoms with Crippen LogP contribution in [0.3, 0.4) is 0 Å². The van der Waals surface area contributed by atoms with Crippen molar-refractivity contribution in [3.05, 3.63) is 34.4 Å². The van der Waals surface area contributed by atoms with Gasteiger partial charge in [-0.15, -0.1) is 0 Å². The molecule has 18 heavy (non-hydrogen) atoms. The molecular formula is C10H14N2O5S. The smallest absolute Gasteiger partial charge is 0.270 e. The van der Waals surface area contributed by atoms with Crippen LogP contribution in [-0.4, -0.2) is 18.9 Å². The Labute approximate surface area is 105 Å². The number of sulfonamides is 1. The minimum atomic E-state index is -3.93. The SMILES string of the molecule is CC(C)(C)ONS(=O)(=O)c1cccc([N+](=O)[O-])c1. The molecule has 0 aliphatic heterocycles. The van der Waals surface area contributed by atoms with E-state index in [0.717, 1.165) is 6.07 Å². The highest BCUT2D eigenvalue weighted by Crippen LogP contribution is 2.17. The molecule has 0 fully saturated rings. The van der Waals surface area contributed by atoms with E-state index in [0.29, 0.717) is 0 Å². The lowest BCUT2D eigenvalue weighted by Crippen LogP contribution is -2.33. The van der Waals surface area contributed by atoms with Crippen LogP contribution in [0.15, 0.2) is 29.2 Å². The summed E-state index contributed by atoms with van der Waals surface area (Å²) in [4.78, 5) is 16.5. The molecule has 8 heteroatoms. The second-order valence-corrected chi connectivity index (χ2v) is 6.20. The molecule has 0 unspecified atom stereocenters. The summed E-state index contributed by atoms with van der Waals surface area (Å²) < 4.78 is 23.6. The van der Waals surface area contributed by atoms with Crippen molar-refractivity contribution in [1.82, 2.24) is 4.89 Å². The molecule has 1 aromatic rings. The van der Waals surface area contributed by atoms with Crippen LogP contribution in [0.25, 0.3) is 0 Å². The minimum Gasteiger partial charge on any atom is -0.281 e. The van der Waals surface area contributed by atoms with Gasteiger partial charge in [-0.1, -0.05) is 11.0 Å². The maximum Gasteiger partial charge on any atom is 0.270 e. The fourth-order valence-corrected chi connectivity index (χ4v) is 1.98. The van der Waals surface area contributed by atoms with Crippen LogP contribution in [0.4, 0.5) is 5.69 Å². The molecule has 0 bridgehead atoms. The molecule has 0 saturated heterocycles. The zero-order chi connectivity index (χ0) is 14.0. The number of non-ortho nitro benzene ring substituents is 1. The van der Waals surface area contributed by atoms with Crippen molar-refractivity contribution in [3.8, 4) is 0 Å². The summed E-state index contributed by atoms with van der Waals surface area (Å²) in [6, 6.07) is 4.73. The quantitative estimate of drug-likeness (QED) is 0.664. The molecule has 7 nitrogen and oxygen atoms in total. The number of nitro groups is 1. The molecule has 0 heterocycles. The molecule has 0 saturated carbocycles. The second kappa shape index (κ2) is 5.01. The van der Waals surface area contributed by atoms with Gasteiger partial charge in [-0.25, -0.2) is 8.42 Å². The Morgan fingerprint density at radius 3 is 2.44 bits per heavy atom. The third-order valence-electron chi connectivity index (χ3n) is 1.80. The van der Waals surface area contributed by atoms with Crippen molar-refractivity contribution in [2.75, 3.05) is 0 Å². The van der Waals surface area contributed by atoms with Gasteiger partial charge in [0.15, 0.2) is 0 Å². The lowest BCUT2D eigenvalue weighted by Gasteiger charge is -2.19. The van der Waals surface area contributed by atoms with Crippen LogP contribution in [0.2, 0.25) is 0 Å². The first-order valence-electron chi connectivity index (χ1n) is 5.06. The molecule has 1 rings (SSSR count). The van der Waals surface area contributed by atoms with E-state index in [1.807, 2.05) is 4.89 Å². The number of benzene rings is 1. The summed E-state index contributed by atoms with van der Waals surface area (Å²) >= 11 is 0. The van der Waals surface area contributed by atoms with Crippen LogP contribution in [-0.2, 0) is 14.9 Å². The van der Waals surface area contributed by atoms with Crippen LogP contribution < -0.4 is 4.89 Å². The lowest BCUT2D eigenvalue weighted by atomic mass is 10.2. The maximum atomic E-state index is 11.8. The van der Waals surface area contributed by atoms with Gasteiger partial charge in [-0.2, -0.15) is 0 Å². The number of rotatable bonds is 4. The van der Waals surface area contributed by atoms with E-state index in [4.69, 9.17) is 4.84 Å². The fourth-order valence-electron chi connectivity index (χ4n) is 0.992. The maximum absolute atomic E-state index is 11.8. The predicted molar refractivity (Wildman–Crippen MR) is 64.3 cm³/mol. The minimum absolute atomic E-state index is 0.221. The van der Waals surface area contributed by atoms with Crippen molar-refractivity contribution >= 4 is 15.7 Å². The van der Waals surface area contributed by atoms with Crippen molar-refractivity contribution in [2.24, 2.45) is 0 Å². The first kappa shape index (κ1) is 14.6. The van der Waals surface area contributed by atoms with Crippen LogP contribution >= 0.6 is 0 Å². The highest BCUT2D eigenvalue weighted by Gasteiger charge is 2.21. The Morgan fingerprint density at radius 2 is 1.94 bits per heavy atom. The third-order valence-corrected chi connectivity index (χ3v) is 2.97. The van der Waals surface area contributed by atoms with E-state index in [2.05, 4.69) is 0 Å². The van der Waals surface area contributed by atoms with Gasteiger partial charge in [0.05, 0.1) is 15.4 Å². The van der Waals surface area contributed by atoms with E-state index >= 15 is 0 Å². The van der Waals surface area contributed by atoms with Crippen LogP contribution in [0, 0.1) is 10.1 Å². The van der Waals surface area contributed by atoms with E-state index in [-0.39, 0.29) is 10.6 Å². The van der Waals surface area contributed by atoms with Crippen molar-refractivity contribution < 1.29 is 18.2 Å². The van der Waals surface area contributed by atoms with Crippen molar-refractivity contribution in [1.29, 1.82) is 0 Å². The Balaban J connectivity index is 2.99. The second-order valence-electron chi connectivity index (χ2n) is 4.56. The summed E-state index contributed by atoms with van der Waals surface area (Å²) in [6.07, 6.45) is 0. The van der Waals surface area contributed by atoms with E-state index in [1.54, 1.807) is 20.8 Å².